The van der Waals surface area contributed by atoms with Crippen LogP contribution in [0, 0.1) is 0 Å². The topological polar surface area (TPSA) is 106 Å². The molecule has 8 heteroatoms. The number of carbonyl (C=O) groups excluding carboxylic acids is 1. The normalized spacial score (nSPS) is 20.8. The molecule has 1 heterocycles. The Labute approximate surface area is 122 Å². The molecule has 0 saturated carbocycles. The number of halogens is 1. The first-order chi connectivity index (χ1) is 9.35. The van der Waals surface area contributed by atoms with Gasteiger partial charge in [-0.25, -0.2) is 8.42 Å². The summed E-state index contributed by atoms with van der Waals surface area (Å²) in [5.41, 5.74) is 11.1. The molecule has 4 N–H and O–H groups in total. The molecule has 1 saturated heterocycles. The number of rotatable bonds is 3. The maximum atomic E-state index is 12.7. The van der Waals surface area contributed by atoms with Gasteiger partial charge in [-0.15, -0.1) is 0 Å². The van der Waals surface area contributed by atoms with Crippen LogP contribution in [0.3, 0.4) is 0 Å². The number of nitrogens with two attached hydrogens (primary N) is 2. The second-order valence-electron chi connectivity index (χ2n) is 4.69. The number of anilines is 1. The Morgan fingerprint density at radius 2 is 2.05 bits per heavy atom. The number of primary amides is 1. The van der Waals surface area contributed by atoms with Crippen molar-refractivity contribution in [3.05, 3.63) is 23.2 Å². The molecule has 1 aromatic rings. The minimum atomic E-state index is -3.94. The minimum absolute atomic E-state index is 0.0405. The number of nitrogens with zero attached hydrogens (tertiary/aromatic N) is 1. The summed E-state index contributed by atoms with van der Waals surface area (Å²) in [6.07, 6.45) is 1.85. The molecule has 2 rings (SSSR count). The van der Waals surface area contributed by atoms with Crippen molar-refractivity contribution in [3.63, 3.8) is 0 Å². The van der Waals surface area contributed by atoms with Gasteiger partial charge < -0.3 is 11.5 Å². The van der Waals surface area contributed by atoms with Crippen molar-refractivity contribution in [1.29, 1.82) is 0 Å². The van der Waals surface area contributed by atoms with Gasteiger partial charge in [-0.2, -0.15) is 4.31 Å². The standard InChI is InChI=1S/C12H16ClN3O3S/c13-8-4-3-5-9(14)11(8)20(18,19)16-7-2-1-6-10(16)12(15)17/h3-5,10H,1-2,6-7,14H2,(H2,15,17). The number of benzene rings is 1. The van der Waals surface area contributed by atoms with Crippen LogP contribution >= 0.6 is 11.6 Å². The number of sulfonamides is 1. The molecule has 1 aromatic carbocycles. The third-order valence-electron chi connectivity index (χ3n) is 3.35. The van der Waals surface area contributed by atoms with Gasteiger partial charge in [0, 0.05) is 6.54 Å². The molecule has 0 spiro atoms. The molecule has 0 radical (unpaired) electrons. The summed E-state index contributed by atoms with van der Waals surface area (Å²) >= 11 is 5.96. The Morgan fingerprint density at radius 1 is 1.35 bits per heavy atom. The van der Waals surface area contributed by atoms with Gasteiger partial charge in [-0.1, -0.05) is 24.1 Å². The Balaban J connectivity index is 2.51. The summed E-state index contributed by atoms with van der Waals surface area (Å²) in [6, 6.07) is 3.64. The van der Waals surface area contributed by atoms with Gasteiger partial charge in [0.2, 0.25) is 15.9 Å². The van der Waals surface area contributed by atoms with Crippen molar-refractivity contribution in [3.8, 4) is 0 Å². The van der Waals surface area contributed by atoms with Crippen LogP contribution in [-0.2, 0) is 14.8 Å². The molecule has 1 unspecified atom stereocenters. The van der Waals surface area contributed by atoms with E-state index in [4.69, 9.17) is 23.1 Å². The second kappa shape index (κ2) is 5.59. The molecule has 110 valence electrons. The lowest BCUT2D eigenvalue weighted by molar-refractivity contribution is -0.122. The first-order valence-corrected chi connectivity index (χ1v) is 8.02. The van der Waals surface area contributed by atoms with Crippen LogP contribution in [0.4, 0.5) is 5.69 Å². The third kappa shape index (κ3) is 2.61. The van der Waals surface area contributed by atoms with Crippen molar-refractivity contribution in [2.75, 3.05) is 12.3 Å². The van der Waals surface area contributed by atoms with Crippen LogP contribution in [0.15, 0.2) is 23.1 Å². The van der Waals surface area contributed by atoms with Gasteiger partial charge in [0.1, 0.15) is 10.9 Å². The van der Waals surface area contributed by atoms with Gasteiger partial charge in [0.15, 0.2) is 0 Å². The fourth-order valence-electron chi connectivity index (χ4n) is 2.39. The Hall–Kier alpha value is -1.31. The lowest BCUT2D eigenvalue weighted by atomic mass is 10.0. The van der Waals surface area contributed by atoms with Crippen molar-refractivity contribution in [2.24, 2.45) is 5.73 Å². The predicted molar refractivity (Wildman–Crippen MR) is 76.6 cm³/mol. The first kappa shape index (κ1) is 15.1. The van der Waals surface area contributed by atoms with Crippen molar-refractivity contribution in [1.82, 2.24) is 4.31 Å². The van der Waals surface area contributed by atoms with E-state index in [9.17, 15) is 13.2 Å². The Morgan fingerprint density at radius 3 is 2.65 bits per heavy atom. The molecule has 1 fully saturated rings. The van der Waals surface area contributed by atoms with Gasteiger partial charge in [0.05, 0.1) is 10.7 Å². The van der Waals surface area contributed by atoms with E-state index >= 15 is 0 Å². The quantitative estimate of drug-likeness (QED) is 0.809. The number of amides is 1. The summed E-state index contributed by atoms with van der Waals surface area (Å²) in [4.78, 5) is 11.3. The van der Waals surface area contributed by atoms with E-state index in [-0.39, 0.29) is 22.2 Å². The highest BCUT2D eigenvalue weighted by Crippen LogP contribution is 2.33. The first-order valence-electron chi connectivity index (χ1n) is 6.21. The van der Waals surface area contributed by atoms with Crippen LogP contribution in [0.5, 0.6) is 0 Å². The molecule has 0 aliphatic carbocycles. The van der Waals surface area contributed by atoms with Crippen molar-refractivity contribution in [2.45, 2.75) is 30.2 Å². The van der Waals surface area contributed by atoms with Crippen LogP contribution < -0.4 is 11.5 Å². The number of carbonyl (C=O) groups is 1. The zero-order chi connectivity index (χ0) is 14.9. The zero-order valence-corrected chi connectivity index (χ0v) is 12.3. The van der Waals surface area contributed by atoms with E-state index in [1.165, 1.54) is 12.1 Å². The molecule has 1 aliphatic heterocycles. The lowest BCUT2D eigenvalue weighted by Gasteiger charge is -2.33. The number of hydrogen-bond acceptors (Lipinski definition) is 4. The van der Waals surface area contributed by atoms with Crippen LogP contribution in [0.25, 0.3) is 0 Å². The SMILES string of the molecule is NC(=O)C1CCCCN1S(=O)(=O)c1c(N)cccc1Cl. The summed E-state index contributed by atoms with van der Waals surface area (Å²) in [6.45, 7) is 0.237. The Kier molecular flexibility index (Phi) is 4.22. The number of piperidine rings is 1. The largest absolute Gasteiger partial charge is 0.398 e. The molecule has 1 amide bonds. The smallest absolute Gasteiger partial charge is 0.247 e. The highest BCUT2D eigenvalue weighted by Gasteiger charge is 2.38. The van der Waals surface area contributed by atoms with Gasteiger partial charge >= 0.3 is 0 Å². The molecule has 0 bridgehead atoms. The van der Waals surface area contributed by atoms with E-state index < -0.39 is 22.0 Å². The number of nitrogen functional groups attached to an aromatic ring is 1. The minimum Gasteiger partial charge on any atom is -0.398 e. The van der Waals surface area contributed by atoms with E-state index in [0.29, 0.717) is 12.8 Å². The van der Waals surface area contributed by atoms with Gasteiger partial charge in [-0.3, -0.25) is 4.79 Å². The van der Waals surface area contributed by atoms with E-state index in [1.807, 2.05) is 0 Å². The fourth-order valence-corrected chi connectivity index (χ4v) is 4.69. The van der Waals surface area contributed by atoms with E-state index in [0.717, 1.165) is 10.7 Å². The molecule has 1 atom stereocenters. The third-order valence-corrected chi connectivity index (χ3v) is 5.80. The molecular weight excluding hydrogens is 302 g/mol. The fraction of sp³-hybridized carbons (Fsp3) is 0.417. The maximum Gasteiger partial charge on any atom is 0.247 e. The molecule has 20 heavy (non-hydrogen) atoms. The summed E-state index contributed by atoms with van der Waals surface area (Å²) in [5, 5.41) is 0.0405. The van der Waals surface area contributed by atoms with Crippen LogP contribution in [0.1, 0.15) is 19.3 Å². The molecule has 0 aromatic heterocycles. The zero-order valence-electron chi connectivity index (χ0n) is 10.8. The monoisotopic (exact) mass is 317 g/mol. The summed E-state index contributed by atoms with van der Waals surface area (Å²) in [5.74, 6) is -0.654. The van der Waals surface area contributed by atoms with Crippen LogP contribution in [-0.4, -0.2) is 31.2 Å². The highest BCUT2D eigenvalue weighted by atomic mass is 35.5. The summed E-state index contributed by atoms with van der Waals surface area (Å²) in [7, 11) is -3.94. The lowest BCUT2D eigenvalue weighted by Crippen LogP contribution is -2.50. The van der Waals surface area contributed by atoms with Gasteiger partial charge in [-0.05, 0) is 25.0 Å². The van der Waals surface area contributed by atoms with E-state index in [1.54, 1.807) is 6.07 Å². The summed E-state index contributed by atoms with van der Waals surface area (Å²) < 4.78 is 26.5. The molecule has 1 aliphatic rings. The molecule has 6 nitrogen and oxygen atoms in total. The van der Waals surface area contributed by atoms with Crippen molar-refractivity contribution >= 4 is 33.2 Å². The van der Waals surface area contributed by atoms with E-state index in [2.05, 4.69) is 0 Å². The molecular formula is C12H16ClN3O3S. The highest BCUT2D eigenvalue weighted by molar-refractivity contribution is 7.89. The van der Waals surface area contributed by atoms with Crippen LogP contribution in [0.2, 0.25) is 5.02 Å². The van der Waals surface area contributed by atoms with Crippen molar-refractivity contribution < 1.29 is 13.2 Å². The van der Waals surface area contributed by atoms with Gasteiger partial charge in [0.25, 0.3) is 0 Å². The predicted octanol–water partition coefficient (Wildman–Crippen LogP) is 0.951. The average molecular weight is 318 g/mol. The average Bonchev–Trinajstić information content (AvgIpc) is 2.38. The number of hydrogen-bond donors (Lipinski definition) is 2. The second-order valence-corrected chi connectivity index (χ2v) is 6.92. The Bertz CT molecular complexity index is 613. The maximum absolute atomic E-state index is 12.7.